The molecule has 1 aromatic rings. The smallest absolute Gasteiger partial charge is 0.0138 e. The topological polar surface area (TPSA) is 12.0 Å². The molecule has 0 saturated heterocycles. The Bertz CT molecular complexity index is 366. The lowest BCUT2D eigenvalue weighted by atomic mass is 9.91. The summed E-state index contributed by atoms with van der Waals surface area (Å²) in [5.41, 5.74) is 1.56. The second-order valence-corrected chi connectivity index (χ2v) is 7.04. The maximum Gasteiger partial charge on any atom is 0.0138 e. The van der Waals surface area contributed by atoms with Gasteiger partial charge in [0.15, 0.2) is 0 Å². The van der Waals surface area contributed by atoms with Crippen molar-refractivity contribution < 1.29 is 0 Å². The molecule has 1 N–H and O–H groups in total. The lowest BCUT2D eigenvalue weighted by molar-refractivity contribution is 0.341. The van der Waals surface area contributed by atoms with Gasteiger partial charge in [0, 0.05) is 16.2 Å². The van der Waals surface area contributed by atoms with Gasteiger partial charge in [0.2, 0.25) is 0 Å². The Morgan fingerprint density at radius 1 is 1.32 bits per heavy atom. The summed E-state index contributed by atoms with van der Waals surface area (Å²) >= 11 is 2.09. The number of thioether (sulfide) groups is 1. The van der Waals surface area contributed by atoms with Crippen molar-refractivity contribution >= 4 is 11.8 Å². The third-order valence-corrected chi connectivity index (χ3v) is 5.57. The van der Waals surface area contributed by atoms with Crippen molar-refractivity contribution in [1.29, 1.82) is 0 Å². The first kappa shape index (κ1) is 14.9. The molecule has 106 valence electrons. The quantitative estimate of drug-likeness (QED) is 0.787. The number of benzene rings is 1. The lowest BCUT2D eigenvalue weighted by Gasteiger charge is -2.26. The van der Waals surface area contributed by atoms with E-state index in [4.69, 9.17) is 0 Å². The van der Waals surface area contributed by atoms with Crippen molar-refractivity contribution in [3.63, 3.8) is 0 Å². The molecule has 1 aliphatic rings. The first-order chi connectivity index (χ1) is 9.24. The molecule has 2 rings (SSSR count). The number of hydrogen-bond donors (Lipinski definition) is 1. The number of hydrogen-bond acceptors (Lipinski definition) is 2. The van der Waals surface area contributed by atoms with Gasteiger partial charge < -0.3 is 5.32 Å². The van der Waals surface area contributed by atoms with Crippen LogP contribution < -0.4 is 5.32 Å². The Morgan fingerprint density at radius 3 is 2.79 bits per heavy atom. The highest BCUT2D eigenvalue weighted by Gasteiger charge is 2.26. The Morgan fingerprint density at radius 2 is 2.11 bits per heavy atom. The third-order valence-electron chi connectivity index (χ3n) is 4.23. The summed E-state index contributed by atoms with van der Waals surface area (Å²) in [4.78, 5) is 1.51. The van der Waals surface area contributed by atoms with E-state index < -0.39 is 0 Å². The van der Waals surface area contributed by atoms with E-state index in [-0.39, 0.29) is 0 Å². The summed E-state index contributed by atoms with van der Waals surface area (Å²) in [7, 11) is 0. The molecule has 1 aliphatic heterocycles. The minimum atomic E-state index is 0.647. The molecule has 2 heteroatoms. The molecule has 0 radical (unpaired) electrons. The zero-order valence-corrected chi connectivity index (χ0v) is 13.3. The zero-order chi connectivity index (χ0) is 13.7. The molecule has 19 heavy (non-hydrogen) atoms. The van der Waals surface area contributed by atoms with Crippen molar-refractivity contribution in [3.05, 3.63) is 29.8 Å². The van der Waals surface area contributed by atoms with E-state index in [9.17, 15) is 0 Å². The lowest BCUT2D eigenvalue weighted by Crippen LogP contribution is -2.35. The molecule has 0 amide bonds. The third kappa shape index (κ3) is 4.00. The molecule has 0 saturated carbocycles. The Balaban J connectivity index is 1.87. The molecular formula is C17H27NS. The summed E-state index contributed by atoms with van der Waals surface area (Å²) in [6, 6.07) is 9.55. The van der Waals surface area contributed by atoms with Crippen LogP contribution in [0.15, 0.2) is 29.2 Å². The van der Waals surface area contributed by atoms with Crippen LogP contribution in [0.3, 0.4) is 0 Å². The van der Waals surface area contributed by atoms with Crippen LogP contribution >= 0.6 is 11.8 Å². The number of rotatable bonds is 7. The molecule has 1 heterocycles. The van der Waals surface area contributed by atoms with Gasteiger partial charge in [-0.05, 0) is 50.3 Å². The molecule has 0 spiro atoms. The first-order valence-electron chi connectivity index (χ1n) is 7.72. The van der Waals surface area contributed by atoms with E-state index in [1.807, 2.05) is 0 Å². The van der Waals surface area contributed by atoms with Crippen LogP contribution in [0.25, 0.3) is 0 Å². The molecule has 1 nitrogen and oxygen atoms in total. The summed E-state index contributed by atoms with van der Waals surface area (Å²) in [6.07, 6.45) is 5.11. The van der Waals surface area contributed by atoms with Gasteiger partial charge in [-0.25, -0.2) is 0 Å². The minimum absolute atomic E-state index is 0.647. The second-order valence-electron chi connectivity index (χ2n) is 5.70. The van der Waals surface area contributed by atoms with Gasteiger partial charge in [0.05, 0.1) is 0 Å². The van der Waals surface area contributed by atoms with Crippen molar-refractivity contribution in [1.82, 2.24) is 5.32 Å². The van der Waals surface area contributed by atoms with Crippen LogP contribution in [-0.4, -0.2) is 17.8 Å². The van der Waals surface area contributed by atoms with Gasteiger partial charge >= 0.3 is 0 Å². The van der Waals surface area contributed by atoms with Gasteiger partial charge in [-0.2, -0.15) is 0 Å². The van der Waals surface area contributed by atoms with Crippen LogP contribution in [0.1, 0.15) is 45.6 Å². The molecule has 0 fully saturated rings. The molecule has 0 aliphatic carbocycles. The summed E-state index contributed by atoms with van der Waals surface area (Å²) in [5, 5.41) is 4.45. The molecule has 0 aromatic heterocycles. The Labute approximate surface area is 122 Å². The largest absolute Gasteiger partial charge is 0.314 e. The molecule has 1 aromatic carbocycles. The van der Waals surface area contributed by atoms with Crippen LogP contribution in [-0.2, 0) is 6.42 Å². The highest BCUT2D eigenvalue weighted by Crippen LogP contribution is 2.40. The monoisotopic (exact) mass is 277 g/mol. The van der Waals surface area contributed by atoms with Crippen LogP contribution in [0, 0.1) is 5.92 Å². The molecule has 0 bridgehead atoms. The normalized spacial score (nSPS) is 21.1. The second kappa shape index (κ2) is 7.35. The average Bonchev–Trinajstić information content (AvgIpc) is 2.84. The van der Waals surface area contributed by atoms with Crippen molar-refractivity contribution in [2.45, 2.75) is 62.6 Å². The predicted molar refractivity (Wildman–Crippen MR) is 85.9 cm³/mol. The van der Waals surface area contributed by atoms with E-state index in [1.165, 1.54) is 30.6 Å². The van der Waals surface area contributed by atoms with Crippen LogP contribution in [0.5, 0.6) is 0 Å². The van der Waals surface area contributed by atoms with Crippen molar-refractivity contribution in [3.8, 4) is 0 Å². The average molecular weight is 277 g/mol. The first-order valence-corrected chi connectivity index (χ1v) is 8.60. The summed E-state index contributed by atoms with van der Waals surface area (Å²) in [5.74, 6) is 0.804. The van der Waals surface area contributed by atoms with Gasteiger partial charge in [-0.3, -0.25) is 0 Å². The SMILES string of the molecule is CCCNC(C)C(CC)CC1Cc2ccccc2S1. The standard InChI is InChI=1S/C17H27NS/c1-4-10-18-13(3)14(5-2)11-16-12-15-8-6-7-9-17(15)19-16/h6-9,13-14,16,18H,4-5,10-12H2,1-3H3. The Hall–Kier alpha value is -0.470. The molecular weight excluding hydrogens is 250 g/mol. The summed E-state index contributed by atoms with van der Waals surface area (Å²) in [6.45, 7) is 8.08. The number of nitrogens with one attached hydrogen (secondary N) is 1. The fourth-order valence-electron chi connectivity index (χ4n) is 2.99. The van der Waals surface area contributed by atoms with E-state index in [0.29, 0.717) is 6.04 Å². The van der Waals surface area contributed by atoms with Gasteiger partial charge in [-0.1, -0.05) is 38.5 Å². The van der Waals surface area contributed by atoms with Crippen molar-refractivity contribution in [2.24, 2.45) is 5.92 Å². The molecule has 3 unspecified atom stereocenters. The highest BCUT2D eigenvalue weighted by atomic mass is 32.2. The predicted octanol–water partition coefficient (Wildman–Crippen LogP) is 4.51. The fraction of sp³-hybridized carbons (Fsp3) is 0.647. The highest BCUT2D eigenvalue weighted by molar-refractivity contribution is 8.00. The Kier molecular flexibility index (Phi) is 5.77. The van der Waals surface area contributed by atoms with Crippen molar-refractivity contribution in [2.75, 3.05) is 6.54 Å². The van der Waals surface area contributed by atoms with E-state index >= 15 is 0 Å². The fourth-order valence-corrected chi connectivity index (χ4v) is 4.41. The van der Waals surface area contributed by atoms with E-state index in [2.05, 4.69) is 62.1 Å². The van der Waals surface area contributed by atoms with Crippen LogP contribution in [0.4, 0.5) is 0 Å². The van der Waals surface area contributed by atoms with E-state index in [1.54, 1.807) is 5.56 Å². The zero-order valence-electron chi connectivity index (χ0n) is 12.5. The maximum atomic E-state index is 3.67. The maximum absolute atomic E-state index is 3.67. The number of fused-ring (bicyclic) bond motifs is 1. The van der Waals surface area contributed by atoms with Crippen LogP contribution in [0.2, 0.25) is 0 Å². The van der Waals surface area contributed by atoms with E-state index in [0.717, 1.165) is 17.7 Å². The van der Waals surface area contributed by atoms with Gasteiger partial charge in [-0.15, -0.1) is 11.8 Å². The van der Waals surface area contributed by atoms with Gasteiger partial charge in [0.1, 0.15) is 0 Å². The van der Waals surface area contributed by atoms with Gasteiger partial charge in [0.25, 0.3) is 0 Å². The minimum Gasteiger partial charge on any atom is -0.314 e. The molecule has 3 atom stereocenters. The summed E-state index contributed by atoms with van der Waals surface area (Å²) < 4.78 is 0.